The van der Waals surface area contributed by atoms with E-state index in [1.165, 1.54) is 0 Å². The Kier molecular flexibility index (Phi) is 5.51. The summed E-state index contributed by atoms with van der Waals surface area (Å²) in [5.74, 6) is -0.314. The zero-order valence-corrected chi connectivity index (χ0v) is 18.6. The number of nitrogens with two attached hydrogens (primary N) is 1. The van der Waals surface area contributed by atoms with Gasteiger partial charge < -0.3 is 10.5 Å². The molecule has 2 N–H and O–H groups in total. The predicted octanol–water partition coefficient (Wildman–Crippen LogP) is 5.54. The summed E-state index contributed by atoms with van der Waals surface area (Å²) in [6.07, 6.45) is 0. The van der Waals surface area contributed by atoms with E-state index in [0.29, 0.717) is 5.02 Å². The third kappa shape index (κ3) is 3.57. The zero-order valence-electron chi connectivity index (χ0n) is 17.9. The van der Waals surface area contributed by atoms with Gasteiger partial charge in [0.05, 0.1) is 11.6 Å². The van der Waals surface area contributed by atoms with E-state index in [1.807, 2.05) is 72.8 Å². The highest BCUT2D eigenvalue weighted by Gasteiger charge is 2.44. The molecule has 0 spiro atoms. The van der Waals surface area contributed by atoms with Crippen molar-refractivity contribution in [1.29, 1.82) is 10.5 Å². The van der Waals surface area contributed by atoms with Crippen molar-refractivity contribution in [2.75, 3.05) is 5.01 Å². The first-order valence-corrected chi connectivity index (χ1v) is 11.0. The van der Waals surface area contributed by atoms with E-state index in [2.05, 4.69) is 17.2 Å². The second-order valence-electron chi connectivity index (χ2n) is 7.81. The van der Waals surface area contributed by atoms with Gasteiger partial charge in [-0.2, -0.15) is 15.6 Å². The largest absolute Gasteiger partial charge is 0.437 e. The summed E-state index contributed by atoms with van der Waals surface area (Å²) in [5, 5.41) is 27.1. The van der Waals surface area contributed by atoms with Crippen molar-refractivity contribution < 1.29 is 4.74 Å². The minimum atomic E-state index is -0.554. The maximum absolute atomic E-state index is 10.1. The third-order valence-corrected chi connectivity index (χ3v) is 6.12. The molecule has 2 atom stereocenters. The molecular weight excluding hydrogens is 446 g/mol. The number of hydrogen-bond donors (Lipinski definition) is 1. The molecule has 2 aliphatic heterocycles. The molecule has 7 heteroatoms. The van der Waals surface area contributed by atoms with Crippen LogP contribution in [-0.2, 0) is 4.74 Å². The Morgan fingerprint density at radius 1 is 0.853 bits per heavy atom. The van der Waals surface area contributed by atoms with Crippen LogP contribution in [0.25, 0.3) is 0 Å². The van der Waals surface area contributed by atoms with Crippen LogP contribution in [0.15, 0.2) is 113 Å². The number of para-hydroxylation sites is 1. The van der Waals surface area contributed by atoms with Crippen LogP contribution in [0.1, 0.15) is 23.1 Å². The number of hydrogen-bond acceptors (Lipinski definition) is 6. The van der Waals surface area contributed by atoms with E-state index in [9.17, 15) is 10.5 Å². The molecule has 0 saturated carbocycles. The van der Waals surface area contributed by atoms with Gasteiger partial charge in [-0.25, -0.2) is 0 Å². The lowest BCUT2D eigenvalue weighted by Crippen LogP contribution is -2.38. The van der Waals surface area contributed by atoms with E-state index in [0.717, 1.165) is 22.4 Å². The van der Waals surface area contributed by atoms with Gasteiger partial charge in [0.2, 0.25) is 11.6 Å². The topological polar surface area (TPSA) is 98.4 Å². The van der Waals surface area contributed by atoms with Crippen molar-refractivity contribution in [1.82, 2.24) is 0 Å². The average molecular weight is 464 g/mol. The van der Waals surface area contributed by atoms with Gasteiger partial charge in [0.1, 0.15) is 23.8 Å². The van der Waals surface area contributed by atoms with Gasteiger partial charge >= 0.3 is 0 Å². The molecule has 5 rings (SSSR count). The molecule has 2 aliphatic rings. The summed E-state index contributed by atoms with van der Waals surface area (Å²) in [7, 11) is 0. The Morgan fingerprint density at radius 3 is 2.12 bits per heavy atom. The molecule has 34 heavy (non-hydrogen) atoms. The molecule has 0 saturated heterocycles. The fourth-order valence-electron chi connectivity index (χ4n) is 4.40. The third-order valence-electron chi connectivity index (χ3n) is 5.87. The number of rotatable bonds is 3. The molecule has 0 fully saturated rings. The highest BCUT2D eigenvalue weighted by atomic mass is 35.5. The smallest absolute Gasteiger partial charge is 0.205 e. The zero-order chi connectivity index (χ0) is 23.7. The van der Waals surface area contributed by atoms with Gasteiger partial charge in [-0.3, -0.25) is 5.01 Å². The van der Waals surface area contributed by atoms with Crippen LogP contribution in [0.4, 0.5) is 5.69 Å². The number of ether oxygens (including phenoxy) is 1. The molecule has 164 valence electrons. The Labute approximate surface area is 202 Å². The number of nitrogens with zero attached hydrogens (tertiary/aromatic N) is 4. The van der Waals surface area contributed by atoms with Crippen LogP contribution in [-0.4, -0.2) is 5.71 Å². The predicted molar refractivity (Wildman–Crippen MR) is 130 cm³/mol. The highest BCUT2D eigenvalue weighted by molar-refractivity contribution is 6.30. The molecule has 0 radical (unpaired) electrons. The maximum Gasteiger partial charge on any atom is 0.205 e. The number of allylic oxidation sites excluding steroid dienone is 2. The minimum absolute atomic E-state index is 0.0378. The maximum atomic E-state index is 10.1. The summed E-state index contributed by atoms with van der Waals surface area (Å²) < 4.78 is 5.92. The summed E-state index contributed by atoms with van der Waals surface area (Å²) in [5.41, 5.74) is 9.82. The lowest BCUT2D eigenvalue weighted by molar-refractivity contribution is 0.293. The Hall–Kier alpha value is -4.52. The number of anilines is 1. The van der Waals surface area contributed by atoms with Crippen LogP contribution >= 0.6 is 11.6 Å². The van der Waals surface area contributed by atoms with Gasteiger partial charge in [0, 0.05) is 10.6 Å². The molecule has 2 heterocycles. The Morgan fingerprint density at radius 2 is 1.50 bits per heavy atom. The van der Waals surface area contributed by atoms with Crippen LogP contribution in [0.3, 0.4) is 0 Å². The molecule has 0 bridgehead atoms. The van der Waals surface area contributed by atoms with E-state index in [-0.39, 0.29) is 22.9 Å². The SMILES string of the molecule is N#CC1=NN(c2ccccc2)C(c2ccccc2)C2=C1OC(N)=C(C#N)C2c1ccc(Cl)cc1. The Balaban J connectivity index is 1.81. The van der Waals surface area contributed by atoms with Gasteiger partial charge in [-0.1, -0.05) is 72.3 Å². The summed E-state index contributed by atoms with van der Waals surface area (Å²) in [4.78, 5) is 0. The molecule has 0 aromatic heterocycles. The molecule has 0 aliphatic carbocycles. The summed E-state index contributed by atoms with van der Waals surface area (Å²) in [6.45, 7) is 0. The quantitative estimate of drug-likeness (QED) is 0.549. The molecule has 3 aromatic carbocycles. The van der Waals surface area contributed by atoms with E-state index in [1.54, 1.807) is 17.1 Å². The van der Waals surface area contributed by atoms with E-state index < -0.39 is 12.0 Å². The first-order valence-electron chi connectivity index (χ1n) is 10.6. The highest BCUT2D eigenvalue weighted by Crippen LogP contribution is 2.50. The van der Waals surface area contributed by atoms with Crippen LogP contribution < -0.4 is 10.7 Å². The lowest BCUT2D eigenvalue weighted by atomic mass is 9.76. The number of hydrazone groups is 1. The monoisotopic (exact) mass is 463 g/mol. The number of halogens is 1. The van der Waals surface area contributed by atoms with Gasteiger partial charge in [0.25, 0.3) is 0 Å². The molecule has 3 aromatic rings. The number of benzene rings is 3. The molecule has 2 unspecified atom stereocenters. The van der Waals surface area contributed by atoms with Gasteiger partial charge in [-0.05, 0) is 35.4 Å². The standard InChI is InChI=1S/C27H18ClN5O/c28-19-13-11-17(12-14-19)23-21(15-29)27(31)34-26-22(16-30)32-33(20-9-5-2-6-10-20)25(24(23)26)18-7-3-1-4-8-18/h1-14,23,25H,31H2. The average Bonchev–Trinajstić information content (AvgIpc) is 2.88. The first kappa shape index (κ1) is 21.3. The minimum Gasteiger partial charge on any atom is -0.437 e. The van der Waals surface area contributed by atoms with Crippen molar-refractivity contribution in [3.8, 4) is 12.1 Å². The van der Waals surface area contributed by atoms with Crippen molar-refractivity contribution in [2.45, 2.75) is 12.0 Å². The van der Waals surface area contributed by atoms with Crippen LogP contribution in [0.5, 0.6) is 0 Å². The normalized spacial score (nSPS) is 19.5. The van der Waals surface area contributed by atoms with Crippen molar-refractivity contribution in [3.63, 3.8) is 0 Å². The summed E-state index contributed by atoms with van der Waals surface area (Å²) in [6, 6.07) is 30.6. The molecule has 6 nitrogen and oxygen atoms in total. The van der Waals surface area contributed by atoms with Gasteiger partial charge in [0.15, 0.2) is 5.76 Å². The Bertz CT molecular complexity index is 1410. The second kappa shape index (κ2) is 8.78. The summed E-state index contributed by atoms with van der Waals surface area (Å²) >= 11 is 6.15. The fourth-order valence-corrected chi connectivity index (χ4v) is 4.53. The number of nitriles is 2. The van der Waals surface area contributed by atoms with Crippen molar-refractivity contribution in [3.05, 3.63) is 124 Å². The van der Waals surface area contributed by atoms with E-state index >= 15 is 0 Å². The fraction of sp³-hybridized carbons (Fsp3) is 0.0741. The molecule has 0 amide bonds. The first-order chi connectivity index (χ1) is 16.6. The van der Waals surface area contributed by atoms with Crippen molar-refractivity contribution >= 4 is 23.0 Å². The van der Waals surface area contributed by atoms with Crippen LogP contribution in [0.2, 0.25) is 5.02 Å². The second-order valence-corrected chi connectivity index (χ2v) is 8.25. The lowest BCUT2D eigenvalue weighted by Gasteiger charge is -2.41. The van der Waals surface area contributed by atoms with Crippen molar-refractivity contribution in [2.24, 2.45) is 10.8 Å². The molecular formula is C27H18ClN5O. The van der Waals surface area contributed by atoms with Gasteiger partial charge in [-0.15, -0.1) is 0 Å². The van der Waals surface area contributed by atoms with E-state index in [4.69, 9.17) is 22.1 Å². The van der Waals surface area contributed by atoms with Crippen LogP contribution in [0, 0.1) is 22.7 Å².